The maximum Gasteiger partial charge on any atom is 0.337 e. The van der Waals surface area contributed by atoms with E-state index in [1.54, 1.807) is 0 Å². The van der Waals surface area contributed by atoms with Crippen molar-refractivity contribution in [2.24, 2.45) is 11.3 Å². The number of carbonyl (C=O) groups is 2. The van der Waals surface area contributed by atoms with Crippen molar-refractivity contribution < 1.29 is 28.6 Å². The van der Waals surface area contributed by atoms with E-state index in [2.05, 4.69) is 0 Å². The third-order valence-electron chi connectivity index (χ3n) is 5.98. The van der Waals surface area contributed by atoms with Gasteiger partial charge in [-0.3, -0.25) is 4.79 Å². The van der Waals surface area contributed by atoms with Crippen LogP contribution in [0.1, 0.15) is 28.5 Å². The van der Waals surface area contributed by atoms with Crippen LogP contribution in [0, 0.1) is 51.1 Å². The monoisotopic (exact) mass is 459 g/mol. The molecule has 0 aliphatic heterocycles. The van der Waals surface area contributed by atoms with Crippen LogP contribution in [0.2, 0.25) is 0 Å². The molecule has 1 aliphatic carbocycles. The van der Waals surface area contributed by atoms with Gasteiger partial charge in [-0.2, -0.15) is 15.8 Å². The average Bonchev–Trinajstić information content (AvgIpc) is 2.87. The summed E-state index contributed by atoms with van der Waals surface area (Å²) >= 11 is 0. The molecular weight excluding hydrogens is 441 g/mol. The summed E-state index contributed by atoms with van der Waals surface area (Å²) in [4.78, 5) is 25.7. The van der Waals surface area contributed by atoms with Gasteiger partial charge in [-0.15, -0.1) is 0 Å². The van der Waals surface area contributed by atoms with Gasteiger partial charge in [0, 0.05) is 5.92 Å². The highest BCUT2D eigenvalue weighted by Crippen LogP contribution is 2.59. The molecule has 2 aromatic rings. The summed E-state index contributed by atoms with van der Waals surface area (Å²) < 4.78 is 24.6. The predicted molar refractivity (Wildman–Crippen MR) is 114 cm³/mol. The minimum Gasteiger partial charge on any atom is -0.511 e. The Labute approximate surface area is 194 Å². The second kappa shape index (κ2) is 9.44. The fourth-order valence-electron chi connectivity index (χ4n) is 4.48. The van der Waals surface area contributed by atoms with Crippen LogP contribution in [-0.2, 0) is 19.1 Å². The summed E-state index contributed by atoms with van der Waals surface area (Å²) in [6, 6.07) is 16.6. The molecule has 0 unspecified atom stereocenters. The molecule has 3 atom stereocenters. The number of nitriles is 3. The summed E-state index contributed by atoms with van der Waals surface area (Å²) in [5.74, 6) is -8.50. The Balaban J connectivity index is 2.50. The van der Waals surface area contributed by atoms with E-state index in [4.69, 9.17) is 14.7 Å². The molecule has 2 aromatic carbocycles. The number of benzene rings is 2. The van der Waals surface area contributed by atoms with Crippen LogP contribution in [0.5, 0.6) is 0 Å². The van der Waals surface area contributed by atoms with E-state index in [1.807, 2.05) is 18.2 Å². The first-order chi connectivity index (χ1) is 16.3. The third kappa shape index (κ3) is 3.62. The largest absolute Gasteiger partial charge is 0.511 e. The smallest absolute Gasteiger partial charge is 0.337 e. The molecular formula is C25H18FN3O5. The highest BCUT2D eigenvalue weighted by Gasteiger charge is 2.62. The minimum atomic E-state index is -2.26. The standard InChI is InChI=1S/C25H18FN3O5/c1-33-23(31)18-20(15-9-7-14(11-27)8-10-15)25(12-28,13-29)21(16-5-3-4-6-17(16)26)19(22(18)30)24(32)34-2/h3-10,19-21,30H,1-2H3/t19-,20+,21-/m1/s1. The Kier molecular flexibility index (Phi) is 6.66. The summed E-state index contributed by atoms with van der Waals surface area (Å²) in [6.45, 7) is 0. The number of ether oxygens (including phenoxy) is 2. The van der Waals surface area contributed by atoms with Crippen LogP contribution in [0.3, 0.4) is 0 Å². The Bertz CT molecular complexity index is 1280. The molecule has 0 spiro atoms. The summed E-state index contributed by atoms with van der Waals surface area (Å²) in [5.41, 5.74) is -2.47. The Hall–Kier alpha value is -4.68. The van der Waals surface area contributed by atoms with Crippen LogP contribution in [-0.4, -0.2) is 31.3 Å². The highest BCUT2D eigenvalue weighted by atomic mass is 19.1. The lowest BCUT2D eigenvalue weighted by atomic mass is 9.54. The normalized spacial score (nSPS) is 20.9. The van der Waals surface area contributed by atoms with Gasteiger partial charge in [0.05, 0.1) is 49.5 Å². The van der Waals surface area contributed by atoms with Gasteiger partial charge in [-0.1, -0.05) is 30.3 Å². The molecule has 3 rings (SSSR count). The van der Waals surface area contributed by atoms with E-state index in [0.717, 1.165) is 20.3 Å². The molecule has 0 bridgehead atoms. The van der Waals surface area contributed by atoms with Crippen LogP contribution < -0.4 is 0 Å². The van der Waals surface area contributed by atoms with E-state index >= 15 is 4.39 Å². The number of esters is 2. The van der Waals surface area contributed by atoms with Gasteiger partial charge >= 0.3 is 11.9 Å². The second-order valence-corrected chi connectivity index (χ2v) is 7.55. The molecule has 8 nitrogen and oxygen atoms in total. The van der Waals surface area contributed by atoms with E-state index < -0.39 is 52.3 Å². The van der Waals surface area contributed by atoms with Crippen molar-refractivity contribution >= 4 is 11.9 Å². The van der Waals surface area contributed by atoms with Gasteiger partial charge in [-0.05, 0) is 29.3 Å². The van der Waals surface area contributed by atoms with E-state index in [1.165, 1.54) is 42.5 Å². The Morgan fingerprint density at radius 3 is 2.12 bits per heavy atom. The van der Waals surface area contributed by atoms with Gasteiger partial charge in [0.25, 0.3) is 0 Å². The van der Waals surface area contributed by atoms with Crippen LogP contribution in [0.15, 0.2) is 59.9 Å². The van der Waals surface area contributed by atoms with Gasteiger partial charge in [0.15, 0.2) is 5.41 Å². The number of hydrogen-bond donors (Lipinski definition) is 1. The van der Waals surface area contributed by atoms with Crippen molar-refractivity contribution in [2.45, 2.75) is 11.8 Å². The maximum atomic E-state index is 15.0. The molecule has 0 saturated heterocycles. The number of nitrogens with zero attached hydrogens (tertiary/aromatic N) is 3. The van der Waals surface area contributed by atoms with Gasteiger partial charge in [-0.25, -0.2) is 9.18 Å². The lowest BCUT2D eigenvalue weighted by Crippen LogP contribution is -2.47. The summed E-state index contributed by atoms with van der Waals surface area (Å²) in [7, 11) is 2.06. The zero-order valence-corrected chi connectivity index (χ0v) is 18.2. The number of rotatable bonds is 4. The average molecular weight is 459 g/mol. The molecule has 1 aliphatic rings. The van der Waals surface area contributed by atoms with Crippen LogP contribution >= 0.6 is 0 Å². The molecule has 1 N–H and O–H groups in total. The van der Waals surface area contributed by atoms with E-state index in [9.17, 15) is 25.2 Å². The number of hydrogen-bond acceptors (Lipinski definition) is 8. The predicted octanol–water partition coefficient (Wildman–Crippen LogP) is 3.39. The summed E-state index contributed by atoms with van der Waals surface area (Å²) in [6.07, 6.45) is 0. The Morgan fingerprint density at radius 2 is 1.62 bits per heavy atom. The van der Waals surface area contributed by atoms with Crippen molar-refractivity contribution in [3.05, 3.63) is 82.4 Å². The van der Waals surface area contributed by atoms with Crippen molar-refractivity contribution in [1.82, 2.24) is 0 Å². The van der Waals surface area contributed by atoms with Crippen molar-refractivity contribution in [1.29, 1.82) is 15.8 Å². The molecule has 9 heteroatoms. The summed E-state index contributed by atoms with van der Waals surface area (Å²) in [5, 5.41) is 41.1. The number of aliphatic hydroxyl groups excluding tert-OH is 1. The maximum absolute atomic E-state index is 15.0. The first-order valence-corrected chi connectivity index (χ1v) is 9.97. The number of halogens is 1. The zero-order chi connectivity index (χ0) is 25.0. The number of methoxy groups -OCH3 is 2. The van der Waals surface area contributed by atoms with Crippen molar-refractivity contribution in [3.63, 3.8) is 0 Å². The molecule has 0 radical (unpaired) electrons. The molecule has 0 saturated carbocycles. The number of carbonyl (C=O) groups excluding carboxylic acids is 2. The van der Waals surface area contributed by atoms with Crippen LogP contribution in [0.25, 0.3) is 0 Å². The first kappa shape index (κ1) is 24.0. The third-order valence-corrected chi connectivity index (χ3v) is 5.98. The van der Waals surface area contributed by atoms with Crippen molar-refractivity contribution in [2.75, 3.05) is 14.2 Å². The highest BCUT2D eigenvalue weighted by molar-refractivity contribution is 5.94. The SMILES string of the molecule is COC(=O)C1=C(O)[C@H](C(=O)OC)[C@@H](c2ccccc2F)C(C#N)(C#N)[C@H]1c1ccc(C#N)cc1. The number of aliphatic hydroxyl groups is 1. The fourth-order valence-corrected chi connectivity index (χ4v) is 4.48. The van der Waals surface area contributed by atoms with E-state index in [-0.39, 0.29) is 16.7 Å². The lowest BCUT2D eigenvalue weighted by molar-refractivity contribution is -0.147. The topological polar surface area (TPSA) is 144 Å². The first-order valence-electron chi connectivity index (χ1n) is 9.97. The Morgan fingerprint density at radius 1 is 1.00 bits per heavy atom. The molecule has 0 aromatic heterocycles. The minimum absolute atomic E-state index is 0.185. The van der Waals surface area contributed by atoms with Crippen molar-refractivity contribution in [3.8, 4) is 18.2 Å². The van der Waals surface area contributed by atoms with Gasteiger partial charge in [0.1, 0.15) is 17.5 Å². The quantitative estimate of drug-likeness (QED) is 0.685. The molecule has 0 fully saturated rings. The molecule has 34 heavy (non-hydrogen) atoms. The van der Waals surface area contributed by atoms with Gasteiger partial charge < -0.3 is 14.6 Å². The zero-order valence-electron chi connectivity index (χ0n) is 18.2. The fraction of sp³-hybridized carbons (Fsp3) is 0.240. The second-order valence-electron chi connectivity index (χ2n) is 7.55. The molecule has 0 heterocycles. The van der Waals surface area contributed by atoms with E-state index in [0.29, 0.717) is 0 Å². The molecule has 0 amide bonds. The lowest BCUT2D eigenvalue weighted by Gasteiger charge is -2.44. The van der Waals surface area contributed by atoms with Crippen LogP contribution in [0.4, 0.5) is 4.39 Å². The molecule has 170 valence electrons. The van der Waals surface area contributed by atoms with Gasteiger partial charge in [0.2, 0.25) is 0 Å².